The van der Waals surface area contributed by atoms with E-state index in [0.717, 1.165) is 17.1 Å². The first-order chi connectivity index (χ1) is 11.1. The van der Waals surface area contributed by atoms with E-state index in [-0.39, 0.29) is 11.9 Å². The number of benzene rings is 1. The van der Waals surface area contributed by atoms with Crippen molar-refractivity contribution in [3.8, 4) is 5.75 Å². The number of thioether (sulfide) groups is 1. The van der Waals surface area contributed by atoms with Gasteiger partial charge in [-0.3, -0.25) is 4.79 Å². The van der Waals surface area contributed by atoms with Gasteiger partial charge in [0.05, 0.1) is 30.9 Å². The highest BCUT2D eigenvalue weighted by molar-refractivity contribution is 7.99. The molecule has 0 fully saturated rings. The summed E-state index contributed by atoms with van der Waals surface area (Å²) < 4.78 is 10.4. The summed E-state index contributed by atoms with van der Waals surface area (Å²) in [6, 6.07) is 11.6. The van der Waals surface area contributed by atoms with Crippen LogP contribution in [0.15, 0.2) is 47.1 Å². The highest BCUT2D eigenvalue weighted by atomic mass is 32.2. The molecule has 0 bridgehead atoms. The van der Waals surface area contributed by atoms with Crippen molar-refractivity contribution < 1.29 is 13.9 Å². The van der Waals surface area contributed by atoms with Gasteiger partial charge in [-0.1, -0.05) is 26.0 Å². The van der Waals surface area contributed by atoms with Gasteiger partial charge >= 0.3 is 0 Å². The monoisotopic (exact) mass is 333 g/mol. The van der Waals surface area contributed by atoms with Crippen LogP contribution in [0.25, 0.3) is 0 Å². The number of rotatable bonds is 8. The van der Waals surface area contributed by atoms with Crippen molar-refractivity contribution in [3.05, 3.63) is 54.0 Å². The highest BCUT2D eigenvalue weighted by Crippen LogP contribution is 2.24. The zero-order valence-corrected chi connectivity index (χ0v) is 14.6. The number of carbonyl (C=O) groups excluding carboxylic acids is 1. The number of amides is 1. The molecular formula is C18H23NO3S. The van der Waals surface area contributed by atoms with Crippen LogP contribution in [-0.2, 0) is 10.5 Å². The lowest BCUT2D eigenvalue weighted by Crippen LogP contribution is -2.33. The molecule has 0 radical (unpaired) electrons. The van der Waals surface area contributed by atoms with E-state index in [0.29, 0.717) is 17.4 Å². The van der Waals surface area contributed by atoms with E-state index in [1.54, 1.807) is 25.1 Å². The van der Waals surface area contributed by atoms with E-state index in [2.05, 4.69) is 19.2 Å². The van der Waals surface area contributed by atoms with Gasteiger partial charge in [0.2, 0.25) is 5.91 Å². The maximum absolute atomic E-state index is 12.2. The number of ether oxygens (including phenoxy) is 1. The van der Waals surface area contributed by atoms with Crippen molar-refractivity contribution >= 4 is 17.7 Å². The lowest BCUT2D eigenvalue weighted by atomic mass is 9.96. The summed E-state index contributed by atoms with van der Waals surface area (Å²) in [5.41, 5.74) is 1.09. The summed E-state index contributed by atoms with van der Waals surface area (Å²) in [6.07, 6.45) is 1.65. The van der Waals surface area contributed by atoms with Gasteiger partial charge in [-0.2, -0.15) is 0 Å². The van der Waals surface area contributed by atoms with Crippen LogP contribution in [0, 0.1) is 5.92 Å². The van der Waals surface area contributed by atoms with E-state index in [1.165, 1.54) is 0 Å². The van der Waals surface area contributed by atoms with Gasteiger partial charge in [-0.15, -0.1) is 11.8 Å². The number of hydrogen-bond acceptors (Lipinski definition) is 4. The summed E-state index contributed by atoms with van der Waals surface area (Å²) in [7, 11) is 1.65. The summed E-state index contributed by atoms with van der Waals surface area (Å²) in [5.74, 6) is 3.17. The van der Waals surface area contributed by atoms with Crippen molar-refractivity contribution in [3.63, 3.8) is 0 Å². The molecule has 124 valence electrons. The maximum atomic E-state index is 12.2. The Balaban J connectivity index is 1.88. The van der Waals surface area contributed by atoms with Crippen molar-refractivity contribution in [2.24, 2.45) is 5.92 Å². The summed E-state index contributed by atoms with van der Waals surface area (Å²) >= 11 is 1.55. The third-order valence-corrected chi connectivity index (χ3v) is 4.47. The topological polar surface area (TPSA) is 51.5 Å². The SMILES string of the molecule is COc1ccc(C(NC(=O)CSCc2ccco2)C(C)C)cc1. The normalized spacial score (nSPS) is 12.2. The Morgan fingerprint density at radius 1 is 1.26 bits per heavy atom. The van der Waals surface area contributed by atoms with Gasteiger partial charge in [-0.25, -0.2) is 0 Å². The smallest absolute Gasteiger partial charge is 0.230 e. The summed E-state index contributed by atoms with van der Waals surface area (Å²) in [5, 5.41) is 3.12. The molecule has 0 saturated carbocycles. The summed E-state index contributed by atoms with van der Waals surface area (Å²) in [6.45, 7) is 4.20. The van der Waals surface area contributed by atoms with Crippen LogP contribution in [0.5, 0.6) is 5.75 Å². The average molecular weight is 333 g/mol. The van der Waals surface area contributed by atoms with Crippen LogP contribution in [-0.4, -0.2) is 18.8 Å². The molecule has 0 aliphatic rings. The van der Waals surface area contributed by atoms with Gasteiger partial charge in [0.25, 0.3) is 0 Å². The number of furan rings is 1. The molecule has 2 aromatic rings. The average Bonchev–Trinajstić information content (AvgIpc) is 3.06. The second-order valence-corrected chi connectivity index (χ2v) is 6.62. The number of hydrogen-bond donors (Lipinski definition) is 1. The number of methoxy groups -OCH3 is 1. The van der Waals surface area contributed by atoms with E-state index < -0.39 is 0 Å². The van der Waals surface area contributed by atoms with Gasteiger partial charge in [0.15, 0.2) is 0 Å². The van der Waals surface area contributed by atoms with Crippen LogP contribution in [0.1, 0.15) is 31.2 Å². The van der Waals surface area contributed by atoms with Crippen LogP contribution in [0.4, 0.5) is 0 Å². The van der Waals surface area contributed by atoms with Gasteiger partial charge in [0, 0.05) is 0 Å². The Hall–Kier alpha value is -1.88. The molecule has 23 heavy (non-hydrogen) atoms. The first kappa shape index (κ1) is 17.5. The molecule has 5 heteroatoms. The van der Waals surface area contributed by atoms with Crippen LogP contribution in [0.2, 0.25) is 0 Å². The minimum atomic E-state index is -0.00220. The number of carbonyl (C=O) groups is 1. The molecule has 2 rings (SSSR count). The predicted octanol–water partition coefficient (Wildman–Crippen LogP) is 4.03. The maximum Gasteiger partial charge on any atom is 0.230 e. The molecule has 0 spiro atoms. The van der Waals surface area contributed by atoms with Crippen LogP contribution in [0.3, 0.4) is 0 Å². The van der Waals surface area contributed by atoms with E-state index in [4.69, 9.17) is 9.15 Å². The van der Waals surface area contributed by atoms with E-state index in [1.807, 2.05) is 36.4 Å². The Labute approximate surface area is 141 Å². The minimum Gasteiger partial charge on any atom is -0.497 e. The van der Waals surface area contributed by atoms with E-state index in [9.17, 15) is 4.79 Å². The molecule has 1 heterocycles. The second kappa shape index (κ2) is 8.67. The molecular weight excluding hydrogens is 310 g/mol. The molecule has 1 atom stereocenters. The molecule has 1 unspecified atom stereocenters. The largest absolute Gasteiger partial charge is 0.497 e. The second-order valence-electron chi connectivity index (χ2n) is 5.63. The van der Waals surface area contributed by atoms with Crippen molar-refractivity contribution in [1.29, 1.82) is 0 Å². The predicted molar refractivity (Wildman–Crippen MR) is 93.6 cm³/mol. The molecule has 0 saturated heterocycles. The molecule has 1 aromatic carbocycles. The van der Waals surface area contributed by atoms with E-state index >= 15 is 0 Å². The Kier molecular flexibility index (Phi) is 6.59. The van der Waals surface area contributed by atoms with Crippen LogP contribution >= 0.6 is 11.8 Å². The Morgan fingerprint density at radius 3 is 2.57 bits per heavy atom. The first-order valence-corrected chi connectivity index (χ1v) is 8.79. The zero-order chi connectivity index (χ0) is 16.7. The lowest BCUT2D eigenvalue weighted by Gasteiger charge is -2.23. The van der Waals surface area contributed by atoms with Crippen molar-refractivity contribution in [1.82, 2.24) is 5.32 Å². The fraction of sp³-hybridized carbons (Fsp3) is 0.389. The molecule has 1 N–H and O–H groups in total. The molecule has 4 nitrogen and oxygen atoms in total. The van der Waals surface area contributed by atoms with Crippen molar-refractivity contribution in [2.45, 2.75) is 25.6 Å². The lowest BCUT2D eigenvalue weighted by molar-refractivity contribution is -0.119. The standard InChI is InChI=1S/C18H23NO3S/c1-13(2)18(14-6-8-15(21-3)9-7-14)19-17(20)12-23-11-16-5-4-10-22-16/h4-10,13,18H,11-12H2,1-3H3,(H,19,20). The third-order valence-electron chi connectivity index (χ3n) is 3.52. The number of nitrogens with one attached hydrogen (secondary N) is 1. The Morgan fingerprint density at radius 2 is 2.00 bits per heavy atom. The zero-order valence-electron chi connectivity index (χ0n) is 13.7. The molecule has 1 aromatic heterocycles. The summed E-state index contributed by atoms with van der Waals surface area (Å²) in [4.78, 5) is 12.2. The van der Waals surface area contributed by atoms with Gasteiger partial charge < -0.3 is 14.5 Å². The molecule has 1 amide bonds. The first-order valence-electron chi connectivity index (χ1n) is 7.63. The van der Waals surface area contributed by atoms with Gasteiger partial charge in [0.1, 0.15) is 11.5 Å². The fourth-order valence-corrected chi connectivity index (χ4v) is 3.04. The Bertz CT molecular complexity index is 593. The third kappa shape index (κ3) is 5.36. The molecule has 0 aliphatic carbocycles. The minimum absolute atomic E-state index is 0.00220. The van der Waals surface area contributed by atoms with Gasteiger partial charge in [-0.05, 0) is 35.7 Å². The quantitative estimate of drug-likeness (QED) is 0.792. The van der Waals surface area contributed by atoms with Crippen molar-refractivity contribution in [2.75, 3.05) is 12.9 Å². The fourth-order valence-electron chi connectivity index (χ4n) is 2.30. The molecule has 0 aliphatic heterocycles. The van der Waals surface area contributed by atoms with Crippen LogP contribution < -0.4 is 10.1 Å². The highest BCUT2D eigenvalue weighted by Gasteiger charge is 2.18.